The molecule has 0 spiro atoms. The fraction of sp³-hybridized carbons (Fsp3) is 0.520. The molecule has 1 aromatic heterocycles. The Morgan fingerprint density at radius 2 is 1.82 bits per heavy atom. The Morgan fingerprint density at radius 3 is 2.50 bits per heavy atom. The first-order valence-electron chi connectivity index (χ1n) is 11.8. The number of carbonyl (C=O) groups is 1. The minimum Gasteiger partial charge on any atom is -0.372 e. The van der Waals surface area contributed by atoms with Crippen molar-refractivity contribution >= 4 is 17.4 Å². The zero-order valence-corrected chi connectivity index (χ0v) is 19.3. The van der Waals surface area contributed by atoms with Crippen molar-refractivity contribution in [3.8, 4) is 0 Å². The van der Waals surface area contributed by atoms with Crippen LogP contribution < -0.4 is 9.80 Å². The summed E-state index contributed by atoms with van der Waals surface area (Å²) in [6.45, 7) is 6.75. The highest BCUT2D eigenvalue weighted by Crippen LogP contribution is 2.40. The minimum absolute atomic E-state index is 0.0112. The van der Waals surface area contributed by atoms with E-state index in [0.29, 0.717) is 38.3 Å². The van der Waals surface area contributed by atoms with Crippen LogP contribution in [0.5, 0.6) is 0 Å². The largest absolute Gasteiger partial charge is 0.416 e. The summed E-state index contributed by atoms with van der Waals surface area (Å²) in [4.78, 5) is 24.4. The number of hydrogen-bond acceptors (Lipinski definition) is 5. The zero-order chi connectivity index (χ0) is 24.0. The van der Waals surface area contributed by atoms with Crippen molar-refractivity contribution in [2.24, 2.45) is 5.92 Å². The number of halogens is 3. The molecule has 2 aromatic rings. The van der Waals surface area contributed by atoms with Gasteiger partial charge in [-0.25, -0.2) is 4.98 Å². The van der Waals surface area contributed by atoms with E-state index in [1.54, 1.807) is 12.3 Å². The molecule has 3 aliphatic rings. The molecule has 34 heavy (non-hydrogen) atoms. The number of fused-ring (bicyclic) bond motifs is 3. The minimum atomic E-state index is -4.42. The molecule has 3 aliphatic heterocycles. The first-order valence-corrected chi connectivity index (χ1v) is 11.8. The topological polar surface area (TPSA) is 48.9 Å². The van der Waals surface area contributed by atoms with Gasteiger partial charge in [0.05, 0.1) is 29.7 Å². The molecule has 0 N–H and O–H groups in total. The van der Waals surface area contributed by atoms with Gasteiger partial charge < -0.3 is 19.4 Å². The summed E-state index contributed by atoms with van der Waals surface area (Å²) in [5, 5.41) is 0. The maximum Gasteiger partial charge on any atom is 0.416 e. The second-order valence-electron chi connectivity index (χ2n) is 9.55. The Balaban J connectivity index is 1.49. The number of benzene rings is 1. The van der Waals surface area contributed by atoms with Crippen LogP contribution in [0.3, 0.4) is 0 Å². The second-order valence-corrected chi connectivity index (χ2v) is 9.55. The van der Waals surface area contributed by atoms with Crippen LogP contribution >= 0.6 is 0 Å². The standard InChI is InChI=1S/C25H29F3N4O2/c1-16-13-31(14-17(2)34-16)24(33)20-12-18-11-19(25(26,27)28)6-7-21(18)32-10-9-30(15-22(20)32)23-5-3-4-8-29-23/h3-8,11,16-17,20,22H,9-10,12-15H2,1-2H3/t16-,17-,20-,22+/m1/s1. The second kappa shape index (κ2) is 8.76. The zero-order valence-electron chi connectivity index (χ0n) is 19.3. The SMILES string of the molecule is C[C@@H]1CN(C(=O)[C@@H]2Cc3cc(C(F)(F)F)ccc3N3CCN(c4ccccn4)C[C@@H]23)C[C@@H](C)O1. The number of pyridine rings is 1. The Morgan fingerprint density at radius 1 is 1.06 bits per heavy atom. The van der Waals surface area contributed by atoms with E-state index in [-0.39, 0.29) is 30.6 Å². The van der Waals surface area contributed by atoms with E-state index in [0.717, 1.165) is 17.6 Å². The van der Waals surface area contributed by atoms with E-state index in [1.807, 2.05) is 36.9 Å². The summed E-state index contributed by atoms with van der Waals surface area (Å²) < 4.78 is 46.1. The van der Waals surface area contributed by atoms with Crippen molar-refractivity contribution < 1.29 is 22.7 Å². The fourth-order valence-electron chi connectivity index (χ4n) is 5.63. The molecule has 0 unspecified atom stereocenters. The molecule has 0 radical (unpaired) electrons. The predicted molar refractivity (Wildman–Crippen MR) is 123 cm³/mol. The van der Waals surface area contributed by atoms with Gasteiger partial charge in [0.15, 0.2) is 0 Å². The van der Waals surface area contributed by atoms with Gasteiger partial charge in [-0.1, -0.05) is 6.07 Å². The summed E-state index contributed by atoms with van der Waals surface area (Å²) in [6, 6.07) is 9.53. The van der Waals surface area contributed by atoms with E-state index in [9.17, 15) is 18.0 Å². The summed E-state index contributed by atoms with van der Waals surface area (Å²) >= 11 is 0. The third-order valence-electron chi connectivity index (χ3n) is 7.06. The van der Waals surface area contributed by atoms with Crippen molar-refractivity contribution in [2.45, 2.75) is 44.7 Å². The highest BCUT2D eigenvalue weighted by molar-refractivity contribution is 5.82. The number of rotatable bonds is 2. The molecular formula is C25H29F3N4O2. The van der Waals surface area contributed by atoms with Gasteiger partial charge in [0.2, 0.25) is 5.91 Å². The maximum absolute atomic E-state index is 13.8. The maximum atomic E-state index is 13.8. The van der Waals surface area contributed by atoms with E-state index < -0.39 is 17.7 Å². The first kappa shape index (κ1) is 23.0. The van der Waals surface area contributed by atoms with Crippen LogP contribution in [0.4, 0.5) is 24.7 Å². The lowest BCUT2D eigenvalue weighted by Gasteiger charge is -2.50. The molecule has 182 valence electrons. The quantitative estimate of drug-likeness (QED) is 0.666. The lowest BCUT2D eigenvalue weighted by molar-refractivity contribution is -0.148. The number of amides is 1. The molecule has 0 aliphatic carbocycles. The molecule has 4 atom stereocenters. The van der Waals surface area contributed by atoms with Crippen LogP contribution in [0.15, 0.2) is 42.6 Å². The van der Waals surface area contributed by atoms with Gasteiger partial charge >= 0.3 is 6.18 Å². The average molecular weight is 475 g/mol. The lowest BCUT2D eigenvalue weighted by atomic mass is 9.82. The van der Waals surface area contributed by atoms with Gasteiger partial charge in [-0.3, -0.25) is 4.79 Å². The number of piperazine rings is 1. The van der Waals surface area contributed by atoms with Gasteiger partial charge in [0.1, 0.15) is 5.82 Å². The molecule has 6 nitrogen and oxygen atoms in total. The number of morpholine rings is 1. The number of ether oxygens (including phenoxy) is 1. The van der Waals surface area contributed by atoms with Crippen LogP contribution in [-0.2, 0) is 22.1 Å². The predicted octanol–water partition coefficient (Wildman–Crippen LogP) is 3.60. The summed E-state index contributed by atoms with van der Waals surface area (Å²) in [5.41, 5.74) is 0.716. The molecule has 1 amide bonds. The van der Waals surface area contributed by atoms with Crippen molar-refractivity contribution in [3.05, 3.63) is 53.7 Å². The van der Waals surface area contributed by atoms with Gasteiger partial charge in [0, 0.05) is 44.6 Å². The number of carbonyl (C=O) groups excluding carboxylic acids is 1. The van der Waals surface area contributed by atoms with Crippen molar-refractivity contribution in [3.63, 3.8) is 0 Å². The lowest BCUT2D eigenvalue weighted by Crippen LogP contribution is -2.62. The Bertz CT molecular complexity index is 1040. The molecule has 9 heteroatoms. The molecule has 4 heterocycles. The number of anilines is 2. The molecule has 5 rings (SSSR count). The van der Waals surface area contributed by atoms with Gasteiger partial charge in [0.25, 0.3) is 0 Å². The molecule has 2 saturated heterocycles. The van der Waals surface area contributed by atoms with Crippen LogP contribution in [0.2, 0.25) is 0 Å². The van der Waals surface area contributed by atoms with Gasteiger partial charge in [-0.05, 0) is 56.2 Å². The Hall–Kier alpha value is -2.81. The number of nitrogens with zero attached hydrogens (tertiary/aromatic N) is 4. The van der Waals surface area contributed by atoms with E-state index in [2.05, 4.69) is 14.8 Å². The third kappa shape index (κ3) is 4.33. The summed E-state index contributed by atoms with van der Waals surface area (Å²) in [5.74, 6) is 0.392. The van der Waals surface area contributed by atoms with Crippen LogP contribution in [0.1, 0.15) is 25.0 Å². The molecular weight excluding hydrogens is 445 g/mol. The molecule has 0 saturated carbocycles. The highest BCUT2D eigenvalue weighted by Gasteiger charge is 2.45. The molecule has 0 bridgehead atoms. The van der Waals surface area contributed by atoms with Gasteiger partial charge in [-0.2, -0.15) is 13.2 Å². The van der Waals surface area contributed by atoms with Crippen LogP contribution in [-0.4, -0.2) is 66.8 Å². The average Bonchev–Trinajstić information content (AvgIpc) is 2.81. The van der Waals surface area contributed by atoms with Crippen LogP contribution in [0, 0.1) is 5.92 Å². The summed E-state index contributed by atoms with van der Waals surface area (Å²) in [6.07, 6.45) is -2.54. The molecule has 1 aromatic carbocycles. The van der Waals surface area contributed by atoms with Crippen molar-refractivity contribution in [1.82, 2.24) is 9.88 Å². The third-order valence-corrected chi connectivity index (χ3v) is 7.06. The number of hydrogen-bond donors (Lipinski definition) is 0. The monoisotopic (exact) mass is 474 g/mol. The van der Waals surface area contributed by atoms with Crippen molar-refractivity contribution in [1.29, 1.82) is 0 Å². The summed E-state index contributed by atoms with van der Waals surface area (Å²) in [7, 11) is 0. The molecule has 2 fully saturated rings. The fourth-order valence-corrected chi connectivity index (χ4v) is 5.63. The van der Waals surface area contributed by atoms with Gasteiger partial charge in [-0.15, -0.1) is 0 Å². The number of aromatic nitrogens is 1. The number of alkyl halides is 3. The smallest absolute Gasteiger partial charge is 0.372 e. The highest BCUT2D eigenvalue weighted by atomic mass is 19.4. The van der Waals surface area contributed by atoms with Crippen LogP contribution in [0.25, 0.3) is 0 Å². The first-order chi connectivity index (χ1) is 16.2. The van der Waals surface area contributed by atoms with Crippen molar-refractivity contribution in [2.75, 3.05) is 42.5 Å². The normalized spacial score (nSPS) is 27.3. The Kier molecular flexibility index (Phi) is 5.91. The Labute approximate surface area is 197 Å². The van der Waals surface area contributed by atoms with E-state index >= 15 is 0 Å². The van der Waals surface area contributed by atoms with E-state index in [4.69, 9.17) is 4.74 Å². The van der Waals surface area contributed by atoms with E-state index in [1.165, 1.54) is 6.07 Å².